The standard InChI is InChI=1S/C11H12N6/c1-12-10-6-7-11(15-14-10)17-9-5-3-2-4-8(9)13-16-17/h2-7,13,16H,1H3,(H,12,14). The van der Waals surface area contributed by atoms with Crippen LogP contribution in [0, 0.1) is 0 Å². The number of hydrogen-bond acceptors (Lipinski definition) is 6. The number of anilines is 4. The Morgan fingerprint density at radius 1 is 1.12 bits per heavy atom. The van der Waals surface area contributed by atoms with Crippen LogP contribution in [0.5, 0.6) is 0 Å². The summed E-state index contributed by atoms with van der Waals surface area (Å²) < 4.78 is 0. The summed E-state index contributed by atoms with van der Waals surface area (Å²) in [5, 5.41) is 13.0. The molecule has 2 heterocycles. The lowest BCUT2D eigenvalue weighted by molar-refractivity contribution is 0.827. The molecule has 0 atom stereocenters. The highest BCUT2D eigenvalue weighted by Crippen LogP contribution is 2.32. The van der Waals surface area contributed by atoms with E-state index in [1.54, 1.807) is 0 Å². The van der Waals surface area contributed by atoms with Gasteiger partial charge in [-0.05, 0) is 24.3 Å². The topological polar surface area (TPSA) is 65.1 Å². The first-order chi connectivity index (χ1) is 8.38. The van der Waals surface area contributed by atoms with Crippen molar-refractivity contribution < 1.29 is 0 Å². The van der Waals surface area contributed by atoms with Crippen molar-refractivity contribution in [3.05, 3.63) is 36.4 Å². The van der Waals surface area contributed by atoms with Gasteiger partial charge in [-0.2, -0.15) is 0 Å². The second-order valence-electron chi connectivity index (χ2n) is 3.62. The Hall–Kier alpha value is -2.34. The van der Waals surface area contributed by atoms with Crippen molar-refractivity contribution in [3.63, 3.8) is 0 Å². The van der Waals surface area contributed by atoms with E-state index in [0.717, 1.165) is 23.0 Å². The average molecular weight is 228 g/mol. The summed E-state index contributed by atoms with van der Waals surface area (Å²) in [7, 11) is 1.81. The van der Waals surface area contributed by atoms with Gasteiger partial charge in [-0.1, -0.05) is 12.1 Å². The summed E-state index contributed by atoms with van der Waals surface area (Å²) >= 11 is 0. The highest BCUT2D eigenvalue weighted by Gasteiger charge is 2.20. The third-order valence-corrected chi connectivity index (χ3v) is 2.58. The zero-order valence-electron chi connectivity index (χ0n) is 9.31. The molecule has 6 heteroatoms. The lowest BCUT2D eigenvalue weighted by atomic mass is 10.2. The average Bonchev–Trinajstić information content (AvgIpc) is 2.83. The van der Waals surface area contributed by atoms with Gasteiger partial charge in [0.1, 0.15) is 5.82 Å². The van der Waals surface area contributed by atoms with Gasteiger partial charge in [-0.3, -0.25) is 0 Å². The first-order valence-corrected chi connectivity index (χ1v) is 5.31. The minimum Gasteiger partial charge on any atom is -0.372 e. The van der Waals surface area contributed by atoms with Crippen LogP contribution in [0.2, 0.25) is 0 Å². The zero-order valence-corrected chi connectivity index (χ0v) is 9.31. The largest absolute Gasteiger partial charge is 0.372 e. The van der Waals surface area contributed by atoms with Crippen LogP contribution in [0.4, 0.5) is 23.0 Å². The van der Waals surface area contributed by atoms with E-state index in [2.05, 4.69) is 26.5 Å². The van der Waals surface area contributed by atoms with Gasteiger partial charge in [0.25, 0.3) is 0 Å². The molecule has 86 valence electrons. The van der Waals surface area contributed by atoms with Crippen LogP contribution in [0.25, 0.3) is 0 Å². The number of rotatable bonds is 2. The molecule has 1 aromatic carbocycles. The summed E-state index contributed by atoms with van der Waals surface area (Å²) in [6.45, 7) is 0. The van der Waals surface area contributed by atoms with Crippen molar-refractivity contribution in [2.75, 3.05) is 22.8 Å². The predicted octanol–water partition coefficient (Wildman–Crippen LogP) is 1.50. The van der Waals surface area contributed by atoms with E-state index in [1.807, 2.05) is 48.5 Å². The zero-order chi connectivity index (χ0) is 11.7. The van der Waals surface area contributed by atoms with Crippen molar-refractivity contribution in [2.24, 2.45) is 0 Å². The maximum absolute atomic E-state index is 4.14. The number of nitrogens with one attached hydrogen (secondary N) is 3. The fourth-order valence-corrected chi connectivity index (χ4v) is 1.71. The Morgan fingerprint density at radius 2 is 2.00 bits per heavy atom. The number of aromatic nitrogens is 2. The molecular formula is C11H12N6. The van der Waals surface area contributed by atoms with E-state index in [1.165, 1.54) is 0 Å². The number of nitrogens with zero attached hydrogens (tertiary/aromatic N) is 3. The molecule has 2 aromatic rings. The Balaban J connectivity index is 1.95. The molecule has 0 unspecified atom stereocenters. The van der Waals surface area contributed by atoms with Gasteiger partial charge >= 0.3 is 0 Å². The molecule has 0 aliphatic carbocycles. The van der Waals surface area contributed by atoms with Crippen LogP contribution in [-0.2, 0) is 0 Å². The van der Waals surface area contributed by atoms with Gasteiger partial charge in [0, 0.05) is 7.05 Å². The quantitative estimate of drug-likeness (QED) is 0.724. The molecular weight excluding hydrogens is 216 g/mol. The smallest absolute Gasteiger partial charge is 0.171 e. The van der Waals surface area contributed by atoms with Gasteiger partial charge in [0.2, 0.25) is 0 Å². The molecule has 1 aliphatic heterocycles. The second-order valence-corrected chi connectivity index (χ2v) is 3.62. The highest BCUT2D eigenvalue weighted by molar-refractivity contribution is 5.77. The van der Waals surface area contributed by atoms with Crippen molar-refractivity contribution in [1.29, 1.82) is 0 Å². The van der Waals surface area contributed by atoms with Gasteiger partial charge in [0.15, 0.2) is 5.82 Å². The van der Waals surface area contributed by atoms with Crippen LogP contribution in [0.15, 0.2) is 36.4 Å². The molecule has 17 heavy (non-hydrogen) atoms. The van der Waals surface area contributed by atoms with Gasteiger partial charge in [-0.25, -0.2) is 5.01 Å². The molecule has 0 bridgehead atoms. The molecule has 0 fully saturated rings. The van der Waals surface area contributed by atoms with Crippen LogP contribution in [0.1, 0.15) is 0 Å². The fourth-order valence-electron chi connectivity index (χ4n) is 1.71. The number of fused-ring (bicyclic) bond motifs is 1. The number of hydrazine groups is 2. The highest BCUT2D eigenvalue weighted by atomic mass is 15.7. The van der Waals surface area contributed by atoms with Crippen molar-refractivity contribution in [2.45, 2.75) is 0 Å². The molecule has 0 saturated carbocycles. The van der Waals surface area contributed by atoms with E-state index in [9.17, 15) is 0 Å². The lowest BCUT2D eigenvalue weighted by Gasteiger charge is -2.15. The van der Waals surface area contributed by atoms with Crippen molar-refractivity contribution in [3.8, 4) is 0 Å². The molecule has 0 spiro atoms. The molecule has 0 saturated heterocycles. The maximum atomic E-state index is 4.14. The summed E-state index contributed by atoms with van der Waals surface area (Å²) in [4.78, 5) is 0. The fraction of sp³-hybridized carbons (Fsp3) is 0.0909. The third-order valence-electron chi connectivity index (χ3n) is 2.58. The SMILES string of the molecule is CNc1ccc(N2NNc3ccccc32)nn1. The Labute approximate surface area is 98.6 Å². The van der Waals surface area contributed by atoms with Gasteiger partial charge in [0.05, 0.1) is 11.4 Å². The van der Waals surface area contributed by atoms with Crippen LogP contribution < -0.4 is 21.3 Å². The molecule has 1 aromatic heterocycles. The number of hydrogen-bond donors (Lipinski definition) is 3. The third kappa shape index (κ3) is 1.64. The maximum Gasteiger partial charge on any atom is 0.171 e. The van der Waals surface area contributed by atoms with Crippen LogP contribution >= 0.6 is 0 Å². The minimum absolute atomic E-state index is 0.737. The molecule has 1 aliphatic rings. The first kappa shape index (κ1) is 9.86. The van der Waals surface area contributed by atoms with E-state index < -0.39 is 0 Å². The Kier molecular flexibility index (Phi) is 2.27. The molecule has 3 N–H and O–H groups in total. The number of benzene rings is 1. The molecule has 0 radical (unpaired) electrons. The first-order valence-electron chi connectivity index (χ1n) is 5.31. The summed E-state index contributed by atoms with van der Waals surface area (Å²) in [6, 6.07) is 11.7. The van der Waals surface area contributed by atoms with Crippen molar-refractivity contribution in [1.82, 2.24) is 15.7 Å². The molecule has 3 rings (SSSR count). The van der Waals surface area contributed by atoms with E-state index in [4.69, 9.17) is 0 Å². The molecule has 6 nitrogen and oxygen atoms in total. The van der Waals surface area contributed by atoms with E-state index >= 15 is 0 Å². The number of para-hydroxylation sites is 2. The monoisotopic (exact) mass is 228 g/mol. The van der Waals surface area contributed by atoms with Gasteiger partial charge < -0.3 is 10.7 Å². The van der Waals surface area contributed by atoms with Crippen molar-refractivity contribution >= 4 is 23.0 Å². The minimum atomic E-state index is 0.737. The van der Waals surface area contributed by atoms with E-state index in [-0.39, 0.29) is 0 Å². The Morgan fingerprint density at radius 3 is 2.76 bits per heavy atom. The second kappa shape index (κ2) is 3.91. The van der Waals surface area contributed by atoms with Gasteiger partial charge in [-0.15, -0.1) is 15.7 Å². The Bertz CT molecular complexity index is 524. The van der Waals surface area contributed by atoms with Crippen LogP contribution in [0.3, 0.4) is 0 Å². The predicted molar refractivity (Wildman–Crippen MR) is 66.9 cm³/mol. The lowest BCUT2D eigenvalue weighted by Crippen LogP contribution is -2.32. The summed E-state index contributed by atoms with van der Waals surface area (Å²) in [5.41, 5.74) is 8.15. The normalized spacial score (nSPS) is 13.1. The summed E-state index contributed by atoms with van der Waals surface area (Å²) in [6.07, 6.45) is 0. The molecule has 0 amide bonds. The van der Waals surface area contributed by atoms with E-state index in [0.29, 0.717) is 0 Å². The summed E-state index contributed by atoms with van der Waals surface area (Å²) in [5.74, 6) is 1.48. The van der Waals surface area contributed by atoms with Crippen LogP contribution in [-0.4, -0.2) is 17.2 Å².